The predicted octanol–water partition coefficient (Wildman–Crippen LogP) is 4.61. The maximum absolute atomic E-state index is 12.5. The van der Waals surface area contributed by atoms with E-state index in [1.54, 1.807) is 0 Å². The Kier molecular flexibility index (Phi) is 6.00. The van der Waals surface area contributed by atoms with Gasteiger partial charge < -0.3 is 14.8 Å². The summed E-state index contributed by atoms with van der Waals surface area (Å²) in [6, 6.07) is 17.8. The maximum Gasteiger partial charge on any atom is 0.239 e. The lowest BCUT2D eigenvalue weighted by molar-refractivity contribution is -0.121. The second-order valence-electron chi connectivity index (χ2n) is 8.35. The summed E-state index contributed by atoms with van der Waals surface area (Å²) in [5, 5.41) is 4.25. The first-order valence-corrected chi connectivity index (χ1v) is 10.7. The Labute approximate surface area is 173 Å². The van der Waals surface area contributed by atoms with E-state index >= 15 is 0 Å². The Morgan fingerprint density at radius 1 is 1.07 bits per heavy atom. The van der Waals surface area contributed by atoms with Gasteiger partial charge in [0.1, 0.15) is 6.54 Å². The number of aromatic nitrogens is 1. The molecule has 0 atom stereocenters. The Bertz CT molecular complexity index is 967. The predicted molar refractivity (Wildman–Crippen MR) is 120 cm³/mol. The third-order valence-electron chi connectivity index (χ3n) is 6.21. The largest absolute Gasteiger partial charge is 0.353 e. The molecule has 1 heterocycles. The van der Waals surface area contributed by atoms with Crippen molar-refractivity contribution in [1.29, 1.82) is 0 Å². The molecule has 1 aromatic heterocycles. The first-order valence-electron chi connectivity index (χ1n) is 10.7. The number of rotatable bonds is 7. The van der Waals surface area contributed by atoms with Gasteiger partial charge in [0.05, 0.1) is 0 Å². The molecule has 4 heteroatoms. The number of benzene rings is 2. The zero-order chi connectivity index (χ0) is 20.2. The van der Waals surface area contributed by atoms with Gasteiger partial charge in [-0.05, 0) is 55.5 Å². The van der Waals surface area contributed by atoms with Crippen molar-refractivity contribution in [3.8, 4) is 11.1 Å². The number of fused-ring (bicyclic) bond motifs is 1. The summed E-state index contributed by atoms with van der Waals surface area (Å²) in [4.78, 5) is 14.9. The Morgan fingerprint density at radius 2 is 1.79 bits per heavy atom. The van der Waals surface area contributed by atoms with Gasteiger partial charge in [-0.25, -0.2) is 0 Å². The van der Waals surface area contributed by atoms with Crippen molar-refractivity contribution < 1.29 is 4.79 Å². The molecule has 0 bridgehead atoms. The van der Waals surface area contributed by atoms with Crippen LogP contribution in [0.5, 0.6) is 0 Å². The Morgan fingerprint density at radius 3 is 2.55 bits per heavy atom. The van der Waals surface area contributed by atoms with Crippen molar-refractivity contribution >= 4 is 16.8 Å². The minimum atomic E-state index is 0.0723. The molecule has 3 aromatic rings. The zero-order valence-corrected chi connectivity index (χ0v) is 17.5. The van der Waals surface area contributed by atoms with Crippen molar-refractivity contribution in [2.45, 2.75) is 45.2 Å². The SMILES string of the molecule is Cc1ccc(-c2ccc3ccn(CC(=O)NCCN(C)C4CCCC4)c3c2)cc1. The van der Waals surface area contributed by atoms with E-state index < -0.39 is 0 Å². The summed E-state index contributed by atoms with van der Waals surface area (Å²) in [7, 11) is 2.17. The van der Waals surface area contributed by atoms with E-state index in [0.717, 1.165) is 17.4 Å². The van der Waals surface area contributed by atoms with E-state index in [4.69, 9.17) is 0 Å². The molecule has 1 N–H and O–H groups in total. The monoisotopic (exact) mass is 389 g/mol. The van der Waals surface area contributed by atoms with Gasteiger partial charge in [0.2, 0.25) is 5.91 Å². The van der Waals surface area contributed by atoms with Gasteiger partial charge in [-0.3, -0.25) is 4.79 Å². The number of nitrogens with one attached hydrogen (secondary N) is 1. The average molecular weight is 390 g/mol. The number of nitrogens with zero attached hydrogens (tertiary/aromatic N) is 2. The fourth-order valence-corrected chi connectivity index (χ4v) is 4.36. The molecular formula is C25H31N3O. The standard InChI is InChI=1S/C25H31N3O/c1-19-7-9-20(10-8-19)22-12-11-21-13-15-28(24(21)17-22)18-25(29)26-14-16-27(2)23-5-3-4-6-23/h7-13,15,17,23H,3-6,14,16,18H2,1-2H3,(H,26,29). The summed E-state index contributed by atoms with van der Waals surface area (Å²) in [6.07, 6.45) is 7.28. The lowest BCUT2D eigenvalue weighted by Crippen LogP contribution is -2.38. The number of carbonyl (C=O) groups excluding carboxylic acids is 1. The molecule has 4 rings (SSSR count). The van der Waals surface area contributed by atoms with Crippen LogP contribution in [0.2, 0.25) is 0 Å². The molecular weight excluding hydrogens is 358 g/mol. The molecule has 0 unspecified atom stereocenters. The van der Waals surface area contributed by atoms with Crippen molar-refractivity contribution in [3.63, 3.8) is 0 Å². The molecule has 152 valence electrons. The number of amides is 1. The molecule has 29 heavy (non-hydrogen) atoms. The fraction of sp³-hybridized carbons (Fsp3) is 0.400. The Hall–Kier alpha value is -2.59. The maximum atomic E-state index is 12.5. The topological polar surface area (TPSA) is 37.3 Å². The zero-order valence-electron chi connectivity index (χ0n) is 17.5. The number of carbonyl (C=O) groups is 1. The lowest BCUT2D eigenvalue weighted by atomic mass is 10.0. The van der Waals surface area contributed by atoms with Crippen LogP contribution < -0.4 is 5.32 Å². The molecule has 1 saturated carbocycles. The summed E-state index contributed by atoms with van der Waals surface area (Å²) >= 11 is 0. The van der Waals surface area contributed by atoms with Crippen molar-refractivity contribution in [2.75, 3.05) is 20.1 Å². The molecule has 0 radical (unpaired) electrons. The Balaban J connectivity index is 1.39. The summed E-state index contributed by atoms with van der Waals surface area (Å²) in [6.45, 7) is 4.08. The number of hydrogen-bond donors (Lipinski definition) is 1. The van der Waals surface area contributed by atoms with Gasteiger partial charge in [-0.1, -0.05) is 54.8 Å². The summed E-state index contributed by atoms with van der Waals surface area (Å²) < 4.78 is 2.04. The number of aryl methyl sites for hydroxylation is 1. The second-order valence-corrected chi connectivity index (χ2v) is 8.35. The number of hydrogen-bond acceptors (Lipinski definition) is 2. The lowest BCUT2D eigenvalue weighted by Gasteiger charge is -2.23. The van der Waals surface area contributed by atoms with Crippen LogP contribution in [0, 0.1) is 6.92 Å². The highest BCUT2D eigenvalue weighted by atomic mass is 16.1. The highest BCUT2D eigenvalue weighted by Crippen LogP contribution is 2.25. The van der Waals surface area contributed by atoms with Crippen molar-refractivity contribution in [1.82, 2.24) is 14.8 Å². The molecule has 0 spiro atoms. The van der Waals surface area contributed by atoms with E-state index in [0.29, 0.717) is 19.1 Å². The fourth-order valence-electron chi connectivity index (χ4n) is 4.36. The summed E-state index contributed by atoms with van der Waals surface area (Å²) in [5.74, 6) is 0.0723. The minimum Gasteiger partial charge on any atom is -0.353 e. The van der Waals surface area contributed by atoms with E-state index in [2.05, 4.69) is 72.7 Å². The van der Waals surface area contributed by atoms with E-state index in [1.165, 1.54) is 42.4 Å². The highest BCUT2D eigenvalue weighted by Gasteiger charge is 2.19. The minimum absolute atomic E-state index is 0.0723. The van der Waals surface area contributed by atoms with Gasteiger partial charge in [0.25, 0.3) is 0 Å². The van der Waals surface area contributed by atoms with E-state index in [-0.39, 0.29) is 5.91 Å². The molecule has 4 nitrogen and oxygen atoms in total. The summed E-state index contributed by atoms with van der Waals surface area (Å²) in [5.41, 5.74) is 4.73. The molecule has 1 fully saturated rings. The quantitative estimate of drug-likeness (QED) is 0.641. The van der Waals surface area contributed by atoms with Gasteiger partial charge in [-0.15, -0.1) is 0 Å². The highest BCUT2D eigenvalue weighted by molar-refractivity contribution is 5.87. The smallest absolute Gasteiger partial charge is 0.239 e. The third kappa shape index (κ3) is 4.70. The normalized spacial score (nSPS) is 14.7. The number of likely N-dealkylation sites (N-methyl/N-ethyl adjacent to an activating group) is 1. The molecule has 2 aromatic carbocycles. The van der Waals surface area contributed by atoms with Gasteiger partial charge in [0.15, 0.2) is 0 Å². The molecule has 1 aliphatic carbocycles. The van der Waals surface area contributed by atoms with Crippen LogP contribution in [-0.2, 0) is 11.3 Å². The average Bonchev–Trinajstić information content (AvgIpc) is 3.39. The molecule has 1 amide bonds. The molecule has 0 aliphatic heterocycles. The van der Waals surface area contributed by atoms with Gasteiger partial charge >= 0.3 is 0 Å². The van der Waals surface area contributed by atoms with Crippen LogP contribution >= 0.6 is 0 Å². The van der Waals surface area contributed by atoms with Crippen LogP contribution in [0.4, 0.5) is 0 Å². The van der Waals surface area contributed by atoms with Gasteiger partial charge in [-0.2, -0.15) is 0 Å². The molecule has 0 saturated heterocycles. The van der Waals surface area contributed by atoms with Gasteiger partial charge in [0, 0.05) is 30.8 Å². The van der Waals surface area contributed by atoms with E-state index in [9.17, 15) is 4.79 Å². The van der Waals surface area contributed by atoms with Crippen LogP contribution in [-0.4, -0.2) is 41.6 Å². The van der Waals surface area contributed by atoms with Crippen LogP contribution in [0.1, 0.15) is 31.2 Å². The van der Waals surface area contributed by atoms with Crippen LogP contribution in [0.15, 0.2) is 54.7 Å². The second kappa shape index (κ2) is 8.83. The first kappa shape index (κ1) is 19.7. The van der Waals surface area contributed by atoms with Crippen molar-refractivity contribution in [3.05, 3.63) is 60.3 Å². The van der Waals surface area contributed by atoms with Crippen molar-refractivity contribution in [2.24, 2.45) is 0 Å². The van der Waals surface area contributed by atoms with Crippen LogP contribution in [0.25, 0.3) is 22.0 Å². The third-order valence-corrected chi connectivity index (χ3v) is 6.21. The molecule has 1 aliphatic rings. The van der Waals surface area contributed by atoms with E-state index in [1.807, 2.05) is 10.8 Å². The van der Waals surface area contributed by atoms with Crippen LogP contribution in [0.3, 0.4) is 0 Å². The first-order chi connectivity index (χ1) is 14.1.